The molecule has 184 valence electrons. The highest BCUT2D eigenvalue weighted by Gasteiger charge is 2.31. The Morgan fingerprint density at radius 2 is 1.47 bits per heavy atom. The van der Waals surface area contributed by atoms with Gasteiger partial charge in [-0.3, -0.25) is 9.59 Å². The number of benzene rings is 2. The molecule has 0 heterocycles. The van der Waals surface area contributed by atoms with E-state index < -0.39 is 36.1 Å². The summed E-state index contributed by atoms with van der Waals surface area (Å²) in [5, 5.41) is 18.6. The van der Waals surface area contributed by atoms with Gasteiger partial charge in [0.2, 0.25) is 5.91 Å². The van der Waals surface area contributed by atoms with E-state index in [1.807, 2.05) is 74.5 Å². The maximum absolute atomic E-state index is 13.1. The average molecular weight is 470 g/mol. The molecule has 3 atom stereocenters. The second-order valence-corrected chi connectivity index (χ2v) is 8.53. The Balaban J connectivity index is 2.09. The summed E-state index contributed by atoms with van der Waals surface area (Å²) in [6.45, 7) is 6.05. The van der Waals surface area contributed by atoms with Crippen LogP contribution < -0.4 is 16.0 Å². The minimum absolute atomic E-state index is 0.0786. The lowest BCUT2D eigenvalue weighted by Crippen LogP contribution is -2.56. The lowest BCUT2D eigenvalue weighted by atomic mass is 9.98. The molecular weight excluding hydrogens is 434 g/mol. The molecule has 34 heavy (non-hydrogen) atoms. The quantitative estimate of drug-likeness (QED) is 0.381. The SMILES string of the molecule is CCNC(=O)C(O)[C@@H](Cc1ccccc1)NC(=O)[C@H](CC(C)C)NC(=O)OCc1ccccc1. The Labute approximate surface area is 201 Å². The van der Waals surface area contributed by atoms with Crippen molar-refractivity contribution in [3.05, 3.63) is 71.8 Å². The second kappa shape index (κ2) is 14.0. The van der Waals surface area contributed by atoms with Crippen LogP contribution in [0, 0.1) is 5.92 Å². The summed E-state index contributed by atoms with van der Waals surface area (Å²) in [7, 11) is 0. The molecule has 4 N–H and O–H groups in total. The molecule has 8 nitrogen and oxygen atoms in total. The number of aliphatic hydroxyl groups excluding tert-OH is 1. The van der Waals surface area contributed by atoms with Crippen molar-refractivity contribution in [3.63, 3.8) is 0 Å². The number of nitrogens with one attached hydrogen (secondary N) is 3. The van der Waals surface area contributed by atoms with Crippen LogP contribution in [-0.4, -0.2) is 47.7 Å². The van der Waals surface area contributed by atoms with E-state index in [0.717, 1.165) is 11.1 Å². The molecule has 0 fully saturated rings. The Morgan fingerprint density at radius 1 is 0.882 bits per heavy atom. The largest absolute Gasteiger partial charge is 0.445 e. The normalized spacial score (nSPS) is 13.4. The Morgan fingerprint density at radius 3 is 2.03 bits per heavy atom. The Hall–Kier alpha value is -3.39. The number of hydrogen-bond donors (Lipinski definition) is 4. The van der Waals surface area contributed by atoms with Crippen LogP contribution in [0.15, 0.2) is 60.7 Å². The molecule has 0 saturated carbocycles. The van der Waals surface area contributed by atoms with Gasteiger partial charge in [0.25, 0.3) is 5.91 Å². The van der Waals surface area contributed by atoms with Crippen LogP contribution in [0.1, 0.15) is 38.3 Å². The van der Waals surface area contributed by atoms with E-state index in [0.29, 0.717) is 13.0 Å². The molecule has 0 radical (unpaired) electrons. The van der Waals surface area contributed by atoms with Crippen molar-refractivity contribution in [2.75, 3.05) is 6.54 Å². The molecule has 0 aromatic heterocycles. The molecular formula is C26H35N3O5. The molecule has 0 aliphatic heterocycles. The molecule has 0 aliphatic rings. The third-order valence-corrected chi connectivity index (χ3v) is 5.16. The zero-order valence-corrected chi connectivity index (χ0v) is 20.0. The summed E-state index contributed by atoms with van der Waals surface area (Å²) in [6, 6.07) is 16.7. The molecule has 0 spiro atoms. The number of carbonyl (C=O) groups excluding carboxylic acids is 3. The van der Waals surface area contributed by atoms with Crippen LogP contribution in [-0.2, 0) is 27.4 Å². The Bertz CT molecular complexity index is 905. The number of likely N-dealkylation sites (N-methyl/N-ethyl adjacent to an activating group) is 1. The summed E-state index contributed by atoms with van der Waals surface area (Å²) in [5.74, 6) is -0.958. The molecule has 2 aromatic rings. The van der Waals surface area contributed by atoms with Gasteiger partial charge in [0.05, 0.1) is 6.04 Å². The van der Waals surface area contributed by atoms with Crippen LogP contribution in [0.3, 0.4) is 0 Å². The number of aliphatic hydroxyl groups is 1. The number of alkyl carbamates (subject to hydrolysis) is 1. The molecule has 2 rings (SSSR count). The van der Waals surface area contributed by atoms with E-state index in [9.17, 15) is 19.5 Å². The maximum atomic E-state index is 13.1. The number of carbonyl (C=O) groups is 3. The molecule has 2 aromatic carbocycles. The van der Waals surface area contributed by atoms with Gasteiger partial charge in [0.15, 0.2) is 6.10 Å². The molecule has 0 saturated heterocycles. The second-order valence-electron chi connectivity index (χ2n) is 8.53. The van der Waals surface area contributed by atoms with Crippen LogP contribution in [0.25, 0.3) is 0 Å². The maximum Gasteiger partial charge on any atom is 0.408 e. The van der Waals surface area contributed by atoms with Crippen LogP contribution in [0.2, 0.25) is 0 Å². The highest BCUT2D eigenvalue weighted by atomic mass is 16.5. The average Bonchev–Trinajstić information content (AvgIpc) is 2.82. The van der Waals surface area contributed by atoms with Gasteiger partial charge in [0.1, 0.15) is 12.6 Å². The van der Waals surface area contributed by atoms with Gasteiger partial charge in [-0.25, -0.2) is 4.79 Å². The highest BCUT2D eigenvalue weighted by molar-refractivity contribution is 5.87. The summed E-state index contributed by atoms with van der Waals surface area (Å²) in [6.07, 6.45) is -1.55. The first kappa shape index (κ1) is 26.9. The van der Waals surface area contributed by atoms with Gasteiger partial charge in [-0.15, -0.1) is 0 Å². The smallest absolute Gasteiger partial charge is 0.408 e. The van der Waals surface area contributed by atoms with Crippen molar-refractivity contribution < 1.29 is 24.2 Å². The fourth-order valence-electron chi connectivity index (χ4n) is 3.46. The van der Waals surface area contributed by atoms with Gasteiger partial charge >= 0.3 is 6.09 Å². The third-order valence-electron chi connectivity index (χ3n) is 5.16. The van der Waals surface area contributed by atoms with Crippen molar-refractivity contribution in [3.8, 4) is 0 Å². The minimum Gasteiger partial charge on any atom is -0.445 e. The lowest BCUT2D eigenvalue weighted by molar-refractivity contribution is -0.132. The zero-order valence-electron chi connectivity index (χ0n) is 20.0. The van der Waals surface area contributed by atoms with Crippen molar-refractivity contribution >= 4 is 17.9 Å². The van der Waals surface area contributed by atoms with E-state index in [2.05, 4.69) is 16.0 Å². The number of ether oxygens (including phenoxy) is 1. The predicted octanol–water partition coefficient (Wildman–Crippen LogP) is 2.55. The van der Waals surface area contributed by atoms with Crippen molar-refractivity contribution in [2.45, 2.75) is 58.4 Å². The predicted molar refractivity (Wildman–Crippen MR) is 130 cm³/mol. The molecule has 0 bridgehead atoms. The number of rotatable bonds is 12. The number of amides is 3. The van der Waals surface area contributed by atoms with Gasteiger partial charge < -0.3 is 25.8 Å². The summed E-state index contributed by atoms with van der Waals surface area (Å²) in [4.78, 5) is 37.8. The van der Waals surface area contributed by atoms with E-state index in [1.165, 1.54) is 0 Å². The fraction of sp³-hybridized carbons (Fsp3) is 0.423. The van der Waals surface area contributed by atoms with Gasteiger partial charge in [0, 0.05) is 6.54 Å². The fourth-order valence-corrected chi connectivity index (χ4v) is 3.46. The number of hydrogen-bond acceptors (Lipinski definition) is 5. The first-order valence-corrected chi connectivity index (χ1v) is 11.6. The van der Waals surface area contributed by atoms with Gasteiger partial charge in [-0.1, -0.05) is 74.5 Å². The molecule has 8 heteroatoms. The molecule has 3 amide bonds. The standard InChI is InChI=1S/C26H35N3O5/c1-4-27-25(32)23(30)21(16-19-11-7-5-8-12-19)28-24(31)22(15-18(2)3)29-26(33)34-17-20-13-9-6-10-14-20/h5-14,18,21-23,30H,4,15-17H2,1-3H3,(H,27,32)(H,28,31)(H,29,33)/t21-,22+,23?/m1/s1. The summed E-state index contributed by atoms with van der Waals surface area (Å²) < 4.78 is 5.27. The summed E-state index contributed by atoms with van der Waals surface area (Å²) >= 11 is 0. The van der Waals surface area contributed by atoms with E-state index in [4.69, 9.17) is 4.74 Å². The first-order chi connectivity index (χ1) is 16.3. The third kappa shape index (κ3) is 9.23. The first-order valence-electron chi connectivity index (χ1n) is 11.6. The zero-order chi connectivity index (χ0) is 24.9. The minimum atomic E-state index is -1.45. The van der Waals surface area contributed by atoms with Crippen LogP contribution in [0.4, 0.5) is 4.79 Å². The van der Waals surface area contributed by atoms with E-state index in [1.54, 1.807) is 6.92 Å². The topological polar surface area (TPSA) is 117 Å². The van der Waals surface area contributed by atoms with E-state index in [-0.39, 0.29) is 18.9 Å². The molecule has 0 aliphatic carbocycles. The van der Waals surface area contributed by atoms with Crippen molar-refractivity contribution in [1.29, 1.82) is 0 Å². The van der Waals surface area contributed by atoms with Crippen molar-refractivity contribution in [1.82, 2.24) is 16.0 Å². The van der Waals surface area contributed by atoms with Crippen LogP contribution >= 0.6 is 0 Å². The monoisotopic (exact) mass is 469 g/mol. The van der Waals surface area contributed by atoms with E-state index >= 15 is 0 Å². The van der Waals surface area contributed by atoms with Gasteiger partial charge in [-0.05, 0) is 36.8 Å². The Kier molecular flexibility index (Phi) is 11.1. The van der Waals surface area contributed by atoms with Crippen molar-refractivity contribution in [2.24, 2.45) is 5.92 Å². The van der Waals surface area contributed by atoms with Crippen LogP contribution in [0.5, 0.6) is 0 Å². The lowest BCUT2D eigenvalue weighted by Gasteiger charge is -2.27. The highest BCUT2D eigenvalue weighted by Crippen LogP contribution is 2.11. The van der Waals surface area contributed by atoms with Gasteiger partial charge in [-0.2, -0.15) is 0 Å². The molecule has 1 unspecified atom stereocenters. The summed E-state index contributed by atoms with van der Waals surface area (Å²) in [5.41, 5.74) is 1.68.